The molecule has 10 nitrogen and oxygen atoms in total. The highest BCUT2D eigenvalue weighted by atomic mass is 16.5. The Morgan fingerprint density at radius 3 is 3.08 bits per heavy atom. The predicted octanol–water partition coefficient (Wildman–Crippen LogP) is -0.573. The number of nitrogens with two attached hydrogens (primary N) is 1. The number of nitrogens with one attached hydrogen (secondary N) is 2. The molecule has 1 fully saturated rings. The van der Waals surface area contributed by atoms with E-state index in [1.807, 2.05) is 6.07 Å². The minimum atomic E-state index is -0.437. The minimum Gasteiger partial charge on any atom is -0.470 e. The van der Waals surface area contributed by atoms with Crippen LogP contribution in [0.2, 0.25) is 0 Å². The van der Waals surface area contributed by atoms with E-state index in [0.717, 1.165) is 0 Å². The topological polar surface area (TPSA) is 145 Å². The molecule has 0 bridgehead atoms. The molecule has 26 heavy (non-hydrogen) atoms. The summed E-state index contributed by atoms with van der Waals surface area (Å²) in [6.07, 6.45) is 2.21. The van der Waals surface area contributed by atoms with E-state index in [1.165, 1.54) is 0 Å². The Labute approximate surface area is 149 Å². The summed E-state index contributed by atoms with van der Waals surface area (Å²) in [5, 5.41) is 10.2. The largest absolute Gasteiger partial charge is 0.470 e. The molecule has 1 aliphatic heterocycles. The summed E-state index contributed by atoms with van der Waals surface area (Å²) in [7, 11) is 0. The van der Waals surface area contributed by atoms with Gasteiger partial charge in [-0.1, -0.05) is 6.07 Å². The number of pyridine rings is 1. The van der Waals surface area contributed by atoms with Crippen LogP contribution in [0.15, 0.2) is 29.2 Å². The van der Waals surface area contributed by atoms with Gasteiger partial charge in [0.25, 0.3) is 5.56 Å². The lowest BCUT2D eigenvalue weighted by Gasteiger charge is -2.32. The standard InChI is InChI=1S/C16H20N6O4/c17-16-20-15(24)11(21-22-16)4-5-13(23)19-10-6-8-25-9-12(10)26-14-3-1-2-7-18-14/h1-3,7,10,12H,4-6,8-9H2,(H,19,23)(H3,17,20,22,24)/t10-,12-/m1/s1. The highest BCUT2D eigenvalue weighted by Gasteiger charge is 2.29. The Morgan fingerprint density at radius 1 is 1.42 bits per heavy atom. The van der Waals surface area contributed by atoms with Crippen molar-refractivity contribution in [3.8, 4) is 5.88 Å². The van der Waals surface area contributed by atoms with Crippen LogP contribution < -0.4 is 21.3 Å². The molecule has 1 saturated heterocycles. The van der Waals surface area contributed by atoms with Crippen molar-refractivity contribution in [2.45, 2.75) is 31.4 Å². The Bertz CT molecular complexity index is 797. The SMILES string of the molecule is Nc1nnc(CCC(=O)N[C@@H]2CCOC[C@H]2Oc2ccccn2)c(=O)[nH]1. The Hall–Kier alpha value is -3.01. The van der Waals surface area contributed by atoms with Crippen molar-refractivity contribution in [2.24, 2.45) is 0 Å². The zero-order valence-corrected chi connectivity index (χ0v) is 14.1. The van der Waals surface area contributed by atoms with Crippen molar-refractivity contribution < 1.29 is 14.3 Å². The lowest BCUT2D eigenvalue weighted by Crippen LogP contribution is -2.51. The minimum absolute atomic E-state index is 0.0556. The molecule has 0 spiro atoms. The summed E-state index contributed by atoms with van der Waals surface area (Å²) in [4.78, 5) is 30.4. The van der Waals surface area contributed by atoms with Crippen molar-refractivity contribution in [3.63, 3.8) is 0 Å². The van der Waals surface area contributed by atoms with E-state index in [2.05, 4.69) is 25.5 Å². The first-order valence-corrected chi connectivity index (χ1v) is 8.28. The summed E-state index contributed by atoms with van der Waals surface area (Å²) in [5.74, 6) is 0.218. The third kappa shape index (κ3) is 4.76. The second-order valence-electron chi connectivity index (χ2n) is 5.85. The highest BCUT2D eigenvalue weighted by Crippen LogP contribution is 2.15. The molecular weight excluding hydrogens is 340 g/mol. The van der Waals surface area contributed by atoms with Gasteiger partial charge in [0, 0.05) is 31.7 Å². The van der Waals surface area contributed by atoms with E-state index < -0.39 is 5.56 Å². The molecule has 4 N–H and O–H groups in total. The van der Waals surface area contributed by atoms with E-state index in [0.29, 0.717) is 25.5 Å². The fourth-order valence-electron chi connectivity index (χ4n) is 2.61. The van der Waals surface area contributed by atoms with Gasteiger partial charge in [-0.15, -0.1) is 10.2 Å². The molecule has 0 aliphatic carbocycles. The number of carbonyl (C=O) groups is 1. The van der Waals surface area contributed by atoms with Crippen molar-refractivity contribution in [1.82, 2.24) is 25.5 Å². The monoisotopic (exact) mass is 360 g/mol. The van der Waals surface area contributed by atoms with Crippen LogP contribution >= 0.6 is 0 Å². The van der Waals surface area contributed by atoms with Gasteiger partial charge in [-0.2, -0.15) is 0 Å². The molecule has 0 unspecified atom stereocenters. The van der Waals surface area contributed by atoms with Gasteiger partial charge in [0.2, 0.25) is 17.7 Å². The number of nitrogen functional groups attached to an aromatic ring is 1. The molecule has 0 saturated carbocycles. The van der Waals surface area contributed by atoms with Crippen molar-refractivity contribution in [2.75, 3.05) is 18.9 Å². The van der Waals surface area contributed by atoms with Gasteiger partial charge in [-0.25, -0.2) is 4.98 Å². The van der Waals surface area contributed by atoms with Crippen LogP contribution in [0.1, 0.15) is 18.5 Å². The maximum atomic E-state index is 12.3. The molecule has 2 aromatic heterocycles. The van der Waals surface area contributed by atoms with Crippen LogP contribution in [0, 0.1) is 0 Å². The quantitative estimate of drug-likeness (QED) is 0.621. The zero-order chi connectivity index (χ0) is 18.4. The lowest BCUT2D eigenvalue weighted by molar-refractivity contribution is -0.124. The number of ether oxygens (including phenoxy) is 2. The molecule has 10 heteroatoms. The number of nitrogens with zero attached hydrogens (tertiary/aromatic N) is 3. The van der Waals surface area contributed by atoms with Gasteiger partial charge in [0.05, 0.1) is 12.6 Å². The third-order valence-electron chi connectivity index (χ3n) is 3.93. The van der Waals surface area contributed by atoms with Gasteiger partial charge in [-0.3, -0.25) is 14.6 Å². The van der Waals surface area contributed by atoms with Gasteiger partial charge >= 0.3 is 0 Å². The highest BCUT2D eigenvalue weighted by molar-refractivity contribution is 5.76. The number of aromatic amines is 1. The van der Waals surface area contributed by atoms with Crippen LogP contribution in [0.5, 0.6) is 5.88 Å². The number of hydrogen-bond donors (Lipinski definition) is 3. The molecule has 2 aromatic rings. The molecule has 138 valence electrons. The van der Waals surface area contributed by atoms with Gasteiger partial charge < -0.3 is 20.5 Å². The van der Waals surface area contributed by atoms with E-state index in [1.54, 1.807) is 18.3 Å². The molecule has 0 aromatic carbocycles. The number of anilines is 1. The third-order valence-corrected chi connectivity index (χ3v) is 3.93. The van der Waals surface area contributed by atoms with E-state index in [-0.39, 0.29) is 42.5 Å². The van der Waals surface area contributed by atoms with Crippen molar-refractivity contribution >= 4 is 11.9 Å². The second kappa shape index (κ2) is 8.39. The summed E-state index contributed by atoms with van der Waals surface area (Å²) >= 11 is 0. The summed E-state index contributed by atoms with van der Waals surface area (Å²) in [5.41, 5.74) is 5.08. The first-order chi connectivity index (χ1) is 12.6. The van der Waals surface area contributed by atoms with Gasteiger partial charge in [-0.05, 0) is 12.5 Å². The fraction of sp³-hybridized carbons (Fsp3) is 0.438. The van der Waals surface area contributed by atoms with E-state index in [4.69, 9.17) is 15.2 Å². The van der Waals surface area contributed by atoms with Crippen LogP contribution in [0.4, 0.5) is 5.95 Å². The van der Waals surface area contributed by atoms with Crippen LogP contribution in [-0.4, -0.2) is 51.4 Å². The molecular formula is C16H20N6O4. The first kappa shape index (κ1) is 17.8. The Kier molecular flexibility index (Phi) is 5.74. The van der Waals surface area contributed by atoms with Crippen molar-refractivity contribution in [1.29, 1.82) is 0 Å². The second-order valence-corrected chi connectivity index (χ2v) is 5.85. The smallest absolute Gasteiger partial charge is 0.274 e. The Morgan fingerprint density at radius 2 is 2.31 bits per heavy atom. The number of amides is 1. The summed E-state index contributed by atoms with van der Waals surface area (Å²) < 4.78 is 11.3. The number of rotatable bonds is 6. The molecule has 0 radical (unpaired) electrons. The maximum absolute atomic E-state index is 12.3. The van der Waals surface area contributed by atoms with Gasteiger partial charge in [0.1, 0.15) is 11.8 Å². The fourth-order valence-corrected chi connectivity index (χ4v) is 2.61. The predicted molar refractivity (Wildman–Crippen MR) is 91.4 cm³/mol. The average Bonchev–Trinajstić information content (AvgIpc) is 2.63. The zero-order valence-electron chi connectivity index (χ0n) is 14.1. The maximum Gasteiger partial charge on any atom is 0.274 e. The summed E-state index contributed by atoms with van der Waals surface area (Å²) in [6, 6.07) is 5.17. The van der Waals surface area contributed by atoms with Crippen molar-refractivity contribution in [3.05, 3.63) is 40.4 Å². The number of carbonyl (C=O) groups excluding carboxylic acids is 1. The number of aryl methyl sites for hydroxylation is 1. The molecule has 2 atom stereocenters. The number of hydrogen-bond acceptors (Lipinski definition) is 8. The number of aromatic nitrogens is 4. The Balaban J connectivity index is 1.55. The van der Waals surface area contributed by atoms with Gasteiger partial charge in [0.15, 0.2) is 0 Å². The number of H-pyrrole nitrogens is 1. The first-order valence-electron chi connectivity index (χ1n) is 8.28. The molecule has 3 heterocycles. The lowest BCUT2D eigenvalue weighted by atomic mass is 10.1. The molecule has 1 aliphatic rings. The molecule has 1 amide bonds. The van der Waals surface area contributed by atoms with E-state index >= 15 is 0 Å². The van der Waals surface area contributed by atoms with Crippen LogP contribution in [0.25, 0.3) is 0 Å². The summed E-state index contributed by atoms with van der Waals surface area (Å²) in [6.45, 7) is 0.904. The van der Waals surface area contributed by atoms with Crippen LogP contribution in [-0.2, 0) is 16.0 Å². The molecule has 3 rings (SSSR count). The normalized spacial score (nSPS) is 19.7. The average molecular weight is 360 g/mol. The van der Waals surface area contributed by atoms with E-state index in [9.17, 15) is 9.59 Å². The van der Waals surface area contributed by atoms with Crippen LogP contribution in [0.3, 0.4) is 0 Å².